The van der Waals surface area contributed by atoms with Gasteiger partial charge in [0.05, 0.1) is 19.9 Å². The van der Waals surface area contributed by atoms with E-state index in [4.69, 9.17) is 14.2 Å². The van der Waals surface area contributed by atoms with Gasteiger partial charge in [0.25, 0.3) is 5.91 Å². The first-order valence-electron chi connectivity index (χ1n) is 8.44. The first-order valence-corrected chi connectivity index (χ1v) is 9.26. The molecule has 3 rings (SSSR count). The van der Waals surface area contributed by atoms with Crippen LogP contribution in [0.2, 0.25) is 0 Å². The van der Waals surface area contributed by atoms with Gasteiger partial charge in [-0.25, -0.2) is 9.37 Å². The maximum absolute atomic E-state index is 13.9. The summed E-state index contributed by atoms with van der Waals surface area (Å²) in [6.45, 7) is 0.782. The monoisotopic (exact) mass is 402 g/mol. The van der Waals surface area contributed by atoms with Gasteiger partial charge in [-0.1, -0.05) is 12.1 Å². The predicted octanol–water partition coefficient (Wildman–Crippen LogP) is 4.24. The molecule has 0 atom stereocenters. The Labute approximate surface area is 165 Å². The second-order valence-electron chi connectivity index (χ2n) is 5.67. The molecule has 1 aromatic heterocycles. The quantitative estimate of drug-likeness (QED) is 0.571. The molecule has 0 bridgehead atoms. The number of halogens is 1. The zero-order valence-corrected chi connectivity index (χ0v) is 16.2. The largest absolute Gasteiger partial charge is 0.493 e. The molecule has 0 saturated carbocycles. The van der Waals surface area contributed by atoms with Crippen molar-refractivity contribution in [2.45, 2.75) is 0 Å². The second-order valence-corrected chi connectivity index (χ2v) is 6.70. The maximum atomic E-state index is 13.9. The van der Waals surface area contributed by atoms with E-state index < -0.39 is 0 Å². The minimum atomic E-state index is -0.378. The van der Waals surface area contributed by atoms with Gasteiger partial charge in [0, 0.05) is 24.4 Å². The molecule has 0 saturated heterocycles. The van der Waals surface area contributed by atoms with Gasteiger partial charge in [0.15, 0.2) is 11.5 Å². The molecule has 1 heterocycles. The average Bonchev–Trinajstić information content (AvgIpc) is 3.19. The van der Waals surface area contributed by atoms with Crippen molar-refractivity contribution in [2.24, 2.45) is 0 Å². The lowest BCUT2D eigenvalue weighted by atomic mass is 10.2. The first kappa shape index (κ1) is 19.8. The normalized spacial score (nSPS) is 10.5. The topological polar surface area (TPSA) is 69.7 Å². The van der Waals surface area contributed by atoms with Gasteiger partial charge in [-0.15, -0.1) is 11.3 Å². The number of benzene rings is 2. The van der Waals surface area contributed by atoms with E-state index in [9.17, 15) is 9.18 Å². The smallest absolute Gasteiger partial charge is 0.267 e. The lowest BCUT2D eigenvalue weighted by Crippen LogP contribution is -2.11. The Morgan fingerprint density at radius 2 is 1.96 bits per heavy atom. The fourth-order valence-corrected chi connectivity index (χ4v) is 3.27. The molecule has 0 spiro atoms. The van der Waals surface area contributed by atoms with Crippen LogP contribution in [0.25, 0.3) is 10.6 Å². The highest BCUT2D eigenvalue weighted by molar-refractivity contribution is 7.17. The molecule has 28 heavy (non-hydrogen) atoms. The first-order chi connectivity index (χ1) is 13.6. The minimum Gasteiger partial charge on any atom is -0.493 e. The van der Waals surface area contributed by atoms with Gasteiger partial charge in [0.2, 0.25) is 0 Å². The lowest BCUT2D eigenvalue weighted by molar-refractivity contribution is 0.103. The van der Waals surface area contributed by atoms with Crippen LogP contribution in [0.1, 0.15) is 9.67 Å². The number of ether oxygens (including phenoxy) is 3. The van der Waals surface area contributed by atoms with Crippen LogP contribution < -0.4 is 14.8 Å². The van der Waals surface area contributed by atoms with E-state index in [1.807, 2.05) is 0 Å². The predicted molar refractivity (Wildman–Crippen MR) is 106 cm³/mol. The third-order valence-electron chi connectivity index (χ3n) is 3.80. The van der Waals surface area contributed by atoms with Crippen molar-refractivity contribution in [3.63, 3.8) is 0 Å². The number of amides is 1. The van der Waals surface area contributed by atoms with Gasteiger partial charge in [-0.3, -0.25) is 4.79 Å². The van der Waals surface area contributed by atoms with E-state index >= 15 is 0 Å². The molecular formula is C20H19FN2O4S. The maximum Gasteiger partial charge on any atom is 0.267 e. The third-order valence-corrected chi connectivity index (χ3v) is 4.83. The molecule has 1 N–H and O–H groups in total. The summed E-state index contributed by atoms with van der Waals surface area (Å²) in [5, 5.41) is 3.24. The van der Waals surface area contributed by atoms with Gasteiger partial charge in [-0.2, -0.15) is 0 Å². The zero-order valence-electron chi connectivity index (χ0n) is 15.4. The van der Waals surface area contributed by atoms with Gasteiger partial charge in [0.1, 0.15) is 22.3 Å². The van der Waals surface area contributed by atoms with Crippen molar-refractivity contribution in [3.05, 3.63) is 59.4 Å². The van der Waals surface area contributed by atoms with Gasteiger partial charge in [-0.05, 0) is 24.3 Å². The molecule has 6 nitrogen and oxygen atoms in total. The highest BCUT2D eigenvalue weighted by Crippen LogP contribution is 2.31. The number of hydrogen-bond donors (Lipinski definition) is 1. The Hall–Kier alpha value is -2.97. The van der Waals surface area contributed by atoms with E-state index in [2.05, 4.69) is 10.3 Å². The van der Waals surface area contributed by atoms with Crippen LogP contribution in [0, 0.1) is 5.82 Å². The molecule has 0 radical (unpaired) electrons. The van der Waals surface area contributed by atoms with Gasteiger partial charge >= 0.3 is 0 Å². The van der Waals surface area contributed by atoms with Crippen molar-refractivity contribution >= 4 is 22.9 Å². The molecule has 0 fully saturated rings. The summed E-state index contributed by atoms with van der Waals surface area (Å²) in [6, 6.07) is 11.4. The summed E-state index contributed by atoms with van der Waals surface area (Å²) in [4.78, 5) is 17.1. The Morgan fingerprint density at radius 1 is 1.14 bits per heavy atom. The molecule has 0 aliphatic carbocycles. The van der Waals surface area contributed by atoms with Crippen LogP contribution in [-0.2, 0) is 4.74 Å². The number of methoxy groups -OCH3 is 2. The lowest BCUT2D eigenvalue weighted by Gasteiger charge is -2.12. The Bertz CT molecular complexity index is 961. The standard InChI is InChI=1S/C20H19FN2O4S/c1-25-9-10-27-17-11-13(7-8-16(17)26-2)23-19(24)18-12-22-20(28-18)14-5-3-4-6-15(14)21/h3-8,11-12H,9-10H2,1-2H3,(H,23,24). The number of aromatic nitrogens is 1. The molecule has 8 heteroatoms. The Morgan fingerprint density at radius 3 is 2.71 bits per heavy atom. The average molecular weight is 402 g/mol. The fraction of sp³-hybridized carbons (Fsp3) is 0.200. The molecule has 0 aliphatic heterocycles. The van der Waals surface area contributed by atoms with Crippen LogP contribution in [-0.4, -0.2) is 38.3 Å². The highest BCUT2D eigenvalue weighted by atomic mass is 32.1. The molecule has 0 unspecified atom stereocenters. The van der Waals surface area contributed by atoms with Crippen LogP contribution in [0.4, 0.5) is 10.1 Å². The molecule has 3 aromatic rings. The van der Waals surface area contributed by atoms with Crippen molar-refractivity contribution < 1.29 is 23.4 Å². The second kappa shape index (κ2) is 9.29. The van der Waals surface area contributed by atoms with Crippen LogP contribution in [0.15, 0.2) is 48.7 Å². The summed E-state index contributed by atoms with van der Waals surface area (Å²) in [7, 11) is 3.13. The van der Waals surface area contributed by atoms with E-state index in [-0.39, 0.29) is 11.7 Å². The Kier molecular flexibility index (Phi) is 6.57. The van der Waals surface area contributed by atoms with E-state index in [0.29, 0.717) is 45.8 Å². The van der Waals surface area contributed by atoms with Crippen molar-refractivity contribution in [2.75, 3.05) is 32.8 Å². The number of nitrogens with one attached hydrogen (secondary N) is 1. The SMILES string of the molecule is COCCOc1cc(NC(=O)c2cnc(-c3ccccc3F)s2)ccc1OC. The fourth-order valence-electron chi connectivity index (χ4n) is 2.43. The number of rotatable bonds is 8. The number of anilines is 1. The summed E-state index contributed by atoms with van der Waals surface area (Å²) in [5.74, 6) is 0.326. The molecule has 146 valence electrons. The summed E-state index contributed by atoms with van der Waals surface area (Å²) in [5.41, 5.74) is 0.906. The Balaban J connectivity index is 1.74. The van der Waals surface area contributed by atoms with E-state index in [1.165, 1.54) is 12.3 Å². The number of nitrogens with zero attached hydrogens (tertiary/aromatic N) is 1. The number of carbonyl (C=O) groups is 1. The zero-order chi connectivity index (χ0) is 19.9. The van der Waals surface area contributed by atoms with Crippen molar-refractivity contribution in [1.82, 2.24) is 4.98 Å². The molecule has 2 aromatic carbocycles. The van der Waals surface area contributed by atoms with Crippen molar-refractivity contribution in [3.8, 4) is 22.1 Å². The molecule has 1 amide bonds. The summed E-state index contributed by atoms with van der Waals surface area (Å²) in [6.07, 6.45) is 1.43. The van der Waals surface area contributed by atoms with Gasteiger partial charge < -0.3 is 19.5 Å². The van der Waals surface area contributed by atoms with E-state index in [1.54, 1.807) is 50.6 Å². The third kappa shape index (κ3) is 4.65. The number of thiazole rings is 1. The van der Waals surface area contributed by atoms with Crippen LogP contribution >= 0.6 is 11.3 Å². The minimum absolute atomic E-state index is 0.340. The van der Waals surface area contributed by atoms with E-state index in [0.717, 1.165) is 11.3 Å². The molecular weight excluding hydrogens is 383 g/mol. The van der Waals surface area contributed by atoms with Crippen LogP contribution in [0.3, 0.4) is 0 Å². The summed E-state index contributed by atoms with van der Waals surface area (Å²) >= 11 is 1.12. The summed E-state index contributed by atoms with van der Waals surface area (Å²) < 4.78 is 29.8. The van der Waals surface area contributed by atoms with Crippen molar-refractivity contribution in [1.29, 1.82) is 0 Å². The number of carbonyl (C=O) groups excluding carboxylic acids is 1. The highest BCUT2D eigenvalue weighted by Gasteiger charge is 2.15. The molecule has 0 aliphatic rings. The van der Waals surface area contributed by atoms with Crippen LogP contribution in [0.5, 0.6) is 11.5 Å². The number of hydrogen-bond acceptors (Lipinski definition) is 6.